The van der Waals surface area contributed by atoms with E-state index in [1.165, 1.54) is 0 Å². The number of benzene rings is 2. The topological polar surface area (TPSA) is 116 Å². The van der Waals surface area contributed by atoms with Gasteiger partial charge in [0.05, 0.1) is 42.0 Å². The number of alkyl halides is 6. The number of hydrogen-bond donors (Lipinski definition) is 3. The van der Waals surface area contributed by atoms with Crippen LogP contribution < -0.4 is 9.62 Å². The Balaban J connectivity index is 1.77. The number of carbonyl (C=O) groups is 1. The summed E-state index contributed by atoms with van der Waals surface area (Å²) in [4.78, 5) is 12.3. The van der Waals surface area contributed by atoms with Gasteiger partial charge in [-0.15, -0.1) is 0 Å². The van der Waals surface area contributed by atoms with Gasteiger partial charge in [0.2, 0.25) is 5.91 Å². The number of halogens is 7. The first-order valence-corrected chi connectivity index (χ1v) is 13.2. The molecule has 0 aromatic heterocycles. The second-order valence-electron chi connectivity index (χ2n) is 9.48. The van der Waals surface area contributed by atoms with Crippen LogP contribution in [0.15, 0.2) is 47.4 Å². The Morgan fingerprint density at radius 1 is 1.02 bits per heavy atom. The van der Waals surface area contributed by atoms with E-state index in [0.29, 0.717) is 22.5 Å². The number of sulfonamides is 1. The van der Waals surface area contributed by atoms with E-state index in [9.17, 15) is 54.2 Å². The zero-order valence-corrected chi connectivity index (χ0v) is 21.2. The van der Waals surface area contributed by atoms with Crippen molar-refractivity contribution < 1.29 is 58.9 Å². The van der Waals surface area contributed by atoms with E-state index >= 15 is 0 Å². The van der Waals surface area contributed by atoms with Gasteiger partial charge in [0.25, 0.3) is 15.6 Å². The summed E-state index contributed by atoms with van der Waals surface area (Å²) in [5.74, 6) is -1.46. The predicted octanol–water partition coefficient (Wildman–Crippen LogP) is 2.91. The number of nitrogens with one attached hydrogen (secondary N) is 1. The summed E-state index contributed by atoms with van der Waals surface area (Å²) in [6, 6.07) is 3.06. The third kappa shape index (κ3) is 5.36. The van der Waals surface area contributed by atoms with Gasteiger partial charge in [-0.05, 0) is 48.7 Å². The first-order chi connectivity index (χ1) is 18.5. The van der Waals surface area contributed by atoms with Crippen LogP contribution in [0.3, 0.4) is 0 Å². The second kappa shape index (κ2) is 10.5. The SMILES string of the molecule is O=C(C[C@@H]1CCc2cc(C(O)(C(F)(F)F)C(F)(F)F)ccc2N1S(=O)(=O)c1ccc(F)cc1)N[C@@H]1COC[C@H]1O. The number of rotatable bonds is 6. The number of nitrogens with zero attached hydrogens (tertiary/aromatic N) is 1. The molecule has 2 aromatic rings. The molecule has 2 aliphatic heterocycles. The summed E-state index contributed by atoms with van der Waals surface area (Å²) < 4.78 is 127. The predicted molar refractivity (Wildman–Crippen MR) is 124 cm³/mol. The molecule has 0 bridgehead atoms. The van der Waals surface area contributed by atoms with Crippen molar-refractivity contribution in [1.82, 2.24) is 5.32 Å². The number of anilines is 1. The lowest BCUT2D eigenvalue weighted by Crippen LogP contribution is -2.54. The molecule has 4 rings (SSSR count). The Bertz CT molecular complexity index is 1350. The number of hydrogen-bond acceptors (Lipinski definition) is 6. The minimum absolute atomic E-state index is 0.00208. The Morgan fingerprint density at radius 3 is 2.20 bits per heavy atom. The van der Waals surface area contributed by atoms with Gasteiger partial charge >= 0.3 is 12.4 Å². The van der Waals surface area contributed by atoms with E-state index in [2.05, 4.69) is 5.32 Å². The Labute approximate surface area is 223 Å². The van der Waals surface area contributed by atoms with Gasteiger partial charge in [-0.1, -0.05) is 12.1 Å². The number of ether oxygens (including phenoxy) is 1. The highest BCUT2D eigenvalue weighted by Gasteiger charge is 2.71. The standard InChI is InChI=1S/C24H23F7N2O6S/c25-15-3-6-17(7-4-15)40(37,38)33-16(10-21(35)32-18-11-39-12-20(18)34)5-1-13-9-14(2-8-19(13)33)22(36,23(26,27)28)24(29,30)31/h2-4,6-9,16,18,20,34,36H,1,5,10-12H2,(H,32,35)/t16-,18+,20+/m0/s1. The van der Waals surface area contributed by atoms with Gasteiger partial charge in [-0.2, -0.15) is 26.3 Å². The molecule has 16 heteroatoms. The number of aliphatic hydroxyl groups is 2. The molecule has 0 spiro atoms. The Morgan fingerprint density at radius 2 is 1.65 bits per heavy atom. The maximum atomic E-state index is 13.7. The highest BCUT2D eigenvalue weighted by molar-refractivity contribution is 7.92. The molecule has 1 saturated heterocycles. The maximum Gasteiger partial charge on any atom is 0.430 e. The summed E-state index contributed by atoms with van der Waals surface area (Å²) in [5, 5.41) is 22.2. The minimum atomic E-state index is -6.15. The summed E-state index contributed by atoms with van der Waals surface area (Å²) >= 11 is 0. The summed E-state index contributed by atoms with van der Waals surface area (Å²) in [5.41, 5.74) is -7.35. The lowest BCUT2D eigenvalue weighted by molar-refractivity contribution is -0.376. The minimum Gasteiger partial charge on any atom is -0.388 e. The van der Waals surface area contributed by atoms with Crippen molar-refractivity contribution in [2.75, 3.05) is 17.5 Å². The average Bonchev–Trinajstić information content (AvgIpc) is 3.25. The number of fused-ring (bicyclic) bond motifs is 1. The number of carbonyl (C=O) groups excluding carboxylic acids is 1. The quantitative estimate of drug-likeness (QED) is 0.440. The van der Waals surface area contributed by atoms with Crippen LogP contribution in [-0.2, 0) is 31.6 Å². The van der Waals surface area contributed by atoms with Crippen molar-refractivity contribution in [3.63, 3.8) is 0 Å². The Hall–Kier alpha value is -2.95. The molecule has 0 radical (unpaired) electrons. The molecule has 0 aliphatic carbocycles. The molecule has 2 aromatic carbocycles. The van der Waals surface area contributed by atoms with E-state index in [4.69, 9.17) is 4.74 Å². The van der Waals surface area contributed by atoms with Gasteiger partial charge in [0, 0.05) is 12.0 Å². The first kappa shape index (κ1) is 30.0. The lowest BCUT2D eigenvalue weighted by Gasteiger charge is -2.39. The van der Waals surface area contributed by atoms with Crippen molar-refractivity contribution in [2.24, 2.45) is 0 Å². The van der Waals surface area contributed by atoms with Crippen LogP contribution in [0, 0.1) is 5.82 Å². The molecule has 0 unspecified atom stereocenters. The third-order valence-corrected chi connectivity index (χ3v) is 8.70. The average molecular weight is 601 g/mol. The fourth-order valence-corrected chi connectivity index (χ4v) is 6.46. The molecule has 2 heterocycles. The monoisotopic (exact) mass is 600 g/mol. The van der Waals surface area contributed by atoms with E-state index < -0.39 is 74.8 Å². The molecule has 1 fully saturated rings. The molecular weight excluding hydrogens is 577 g/mol. The number of aliphatic hydroxyl groups excluding tert-OH is 1. The molecule has 0 saturated carbocycles. The van der Waals surface area contributed by atoms with Crippen LogP contribution >= 0.6 is 0 Å². The summed E-state index contributed by atoms with van der Waals surface area (Å²) in [6.45, 7) is -0.0283. The zero-order chi connectivity index (χ0) is 29.7. The molecule has 3 N–H and O–H groups in total. The molecule has 40 heavy (non-hydrogen) atoms. The van der Waals surface area contributed by atoms with Crippen molar-refractivity contribution in [1.29, 1.82) is 0 Å². The molecule has 2 aliphatic rings. The van der Waals surface area contributed by atoms with Gasteiger partial charge < -0.3 is 20.3 Å². The maximum absolute atomic E-state index is 13.7. The smallest absolute Gasteiger partial charge is 0.388 e. The summed E-state index contributed by atoms with van der Waals surface area (Å²) in [7, 11) is -4.62. The van der Waals surface area contributed by atoms with E-state index in [0.717, 1.165) is 24.3 Å². The van der Waals surface area contributed by atoms with Crippen LogP contribution in [-0.4, -0.2) is 68.3 Å². The van der Waals surface area contributed by atoms with Crippen LogP contribution in [0.5, 0.6) is 0 Å². The van der Waals surface area contributed by atoms with Gasteiger partial charge in [-0.3, -0.25) is 9.10 Å². The van der Waals surface area contributed by atoms with Crippen molar-refractivity contribution in [3.8, 4) is 0 Å². The van der Waals surface area contributed by atoms with Crippen LogP contribution in [0.1, 0.15) is 24.0 Å². The van der Waals surface area contributed by atoms with Gasteiger partial charge in [0.15, 0.2) is 0 Å². The van der Waals surface area contributed by atoms with Crippen molar-refractivity contribution in [3.05, 3.63) is 59.4 Å². The largest absolute Gasteiger partial charge is 0.430 e. The van der Waals surface area contributed by atoms with Gasteiger partial charge in [-0.25, -0.2) is 12.8 Å². The molecule has 3 atom stereocenters. The lowest BCUT2D eigenvalue weighted by atomic mass is 9.87. The van der Waals surface area contributed by atoms with Gasteiger partial charge in [0.1, 0.15) is 5.82 Å². The molecular formula is C24H23F7N2O6S. The van der Waals surface area contributed by atoms with E-state index in [-0.39, 0.29) is 37.3 Å². The van der Waals surface area contributed by atoms with E-state index in [1.807, 2.05) is 0 Å². The zero-order valence-electron chi connectivity index (χ0n) is 20.3. The number of aryl methyl sites for hydroxylation is 1. The highest BCUT2D eigenvalue weighted by Crippen LogP contribution is 2.51. The van der Waals surface area contributed by atoms with Crippen molar-refractivity contribution in [2.45, 2.75) is 60.3 Å². The Kier molecular flexibility index (Phi) is 7.85. The highest BCUT2D eigenvalue weighted by atomic mass is 32.2. The first-order valence-electron chi connectivity index (χ1n) is 11.8. The fraction of sp³-hybridized carbons (Fsp3) is 0.458. The van der Waals surface area contributed by atoms with E-state index in [1.54, 1.807) is 0 Å². The van der Waals surface area contributed by atoms with Crippen LogP contribution in [0.2, 0.25) is 0 Å². The third-order valence-electron chi connectivity index (χ3n) is 6.82. The normalized spacial score (nSPS) is 22.2. The summed E-state index contributed by atoms with van der Waals surface area (Å²) in [6.07, 6.45) is -14.2. The number of amides is 1. The van der Waals surface area contributed by atoms with Crippen LogP contribution in [0.25, 0.3) is 0 Å². The van der Waals surface area contributed by atoms with Crippen LogP contribution in [0.4, 0.5) is 36.4 Å². The molecule has 1 amide bonds. The second-order valence-corrected chi connectivity index (χ2v) is 11.3. The molecule has 220 valence electrons. The molecule has 8 nitrogen and oxygen atoms in total. The van der Waals surface area contributed by atoms with Crippen molar-refractivity contribution >= 4 is 21.6 Å². The fourth-order valence-electron chi connectivity index (χ4n) is 4.74.